The van der Waals surface area contributed by atoms with E-state index in [4.69, 9.17) is 0 Å². The van der Waals surface area contributed by atoms with Crippen LogP contribution in [0.1, 0.15) is 51.4 Å². The zero-order valence-electron chi connectivity index (χ0n) is 16.0. The summed E-state index contributed by atoms with van der Waals surface area (Å²) < 4.78 is 0. The normalized spacial score (nSPS) is 32.7. The molecule has 4 rings (SSSR count). The van der Waals surface area contributed by atoms with Crippen LogP contribution in [0, 0.1) is 23.2 Å². The van der Waals surface area contributed by atoms with Crippen molar-refractivity contribution in [2.45, 2.75) is 69.0 Å². The Balaban J connectivity index is 1.36. The summed E-state index contributed by atoms with van der Waals surface area (Å²) in [5.41, 5.74) is -0.321. The molecular formula is C20H31N5O2. The van der Waals surface area contributed by atoms with E-state index in [1.54, 1.807) is 0 Å². The van der Waals surface area contributed by atoms with Crippen molar-refractivity contribution in [3.05, 3.63) is 0 Å². The van der Waals surface area contributed by atoms with Crippen molar-refractivity contribution in [2.24, 2.45) is 11.8 Å². The molecule has 3 heterocycles. The van der Waals surface area contributed by atoms with Crippen LogP contribution in [0.25, 0.3) is 0 Å². The van der Waals surface area contributed by atoms with Crippen LogP contribution in [0.2, 0.25) is 0 Å². The molecule has 1 unspecified atom stereocenters. The monoisotopic (exact) mass is 373 g/mol. The number of nitrogens with one attached hydrogen (secondary N) is 3. The number of rotatable bonds is 8. The molecule has 1 spiro atoms. The highest BCUT2D eigenvalue weighted by Crippen LogP contribution is 2.38. The fraction of sp³-hybridized carbons (Fsp3) is 0.850. The van der Waals surface area contributed by atoms with Gasteiger partial charge >= 0.3 is 0 Å². The number of hydrogen-bond acceptors (Lipinski definition) is 5. The lowest BCUT2D eigenvalue weighted by Gasteiger charge is -2.31. The Morgan fingerprint density at radius 2 is 2.07 bits per heavy atom. The minimum absolute atomic E-state index is 0.0653. The van der Waals surface area contributed by atoms with E-state index in [-0.39, 0.29) is 35.4 Å². The van der Waals surface area contributed by atoms with Gasteiger partial charge in [-0.05, 0) is 51.0 Å². The van der Waals surface area contributed by atoms with Gasteiger partial charge in [0.15, 0.2) is 0 Å². The summed E-state index contributed by atoms with van der Waals surface area (Å²) in [5, 5.41) is 19.2. The van der Waals surface area contributed by atoms with Crippen molar-refractivity contribution < 1.29 is 9.59 Å². The van der Waals surface area contributed by atoms with Gasteiger partial charge in [-0.3, -0.25) is 14.9 Å². The minimum atomic E-state index is -0.336. The third-order valence-corrected chi connectivity index (χ3v) is 6.88. The lowest BCUT2D eigenvalue weighted by molar-refractivity contribution is -0.134. The fourth-order valence-corrected chi connectivity index (χ4v) is 5.02. The summed E-state index contributed by atoms with van der Waals surface area (Å²) in [6.45, 7) is 3.10. The topological polar surface area (TPSA) is 97.3 Å². The first-order valence-electron chi connectivity index (χ1n) is 10.6. The van der Waals surface area contributed by atoms with Crippen LogP contribution >= 0.6 is 0 Å². The van der Waals surface area contributed by atoms with E-state index in [0.717, 1.165) is 51.1 Å². The van der Waals surface area contributed by atoms with Gasteiger partial charge in [-0.1, -0.05) is 12.8 Å². The molecule has 0 aromatic carbocycles. The van der Waals surface area contributed by atoms with E-state index in [2.05, 4.69) is 26.9 Å². The third kappa shape index (κ3) is 3.97. The Kier molecular flexibility index (Phi) is 5.38. The number of carbonyl (C=O) groups is 2. The maximum Gasteiger partial charge on any atom is 0.243 e. The highest BCUT2D eigenvalue weighted by atomic mass is 16.2. The van der Waals surface area contributed by atoms with Gasteiger partial charge in [-0.15, -0.1) is 0 Å². The average molecular weight is 374 g/mol. The smallest absolute Gasteiger partial charge is 0.243 e. The molecule has 4 aliphatic rings. The standard InChI is InChI=1S/C20H31N5O2/c21-12-16(11-15-4-8-22-18(15)26)23-13-17(10-14-2-3-14)25-9-6-20(19(25)27)5-1-7-24-20/h14-17,23-24H,1-11,13H2,(H,22,26)/t15-,16-,17-,20?/m0/s1. The molecule has 0 aromatic heterocycles. The van der Waals surface area contributed by atoms with Gasteiger partial charge < -0.3 is 15.5 Å². The summed E-state index contributed by atoms with van der Waals surface area (Å²) in [6, 6.07) is 2.13. The van der Waals surface area contributed by atoms with Gasteiger partial charge in [0.05, 0.1) is 17.6 Å². The molecule has 1 aliphatic carbocycles. The van der Waals surface area contributed by atoms with Gasteiger partial charge in [-0.2, -0.15) is 5.26 Å². The number of hydrogen-bond donors (Lipinski definition) is 3. The van der Waals surface area contributed by atoms with Gasteiger partial charge in [0.2, 0.25) is 11.8 Å². The van der Waals surface area contributed by atoms with Crippen LogP contribution < -0.4 is 16.0 Å². The first-order chi connectivity index (χ1) is 13.1. The highest BCUT2D eigenvalue weighted by molar-refractivity contribution is 5.89. The quantitative estimate of drug-likeness (QED) is 0.576. The van der Waals surface area contributed by atoms with E-state index < -0.39 is 0 Å². The largest absolute Gasteiger partial charge is 0.356 e. The molecule has 0 radical (unpaired) electrons. The lowest BCUT2D eigenvalue weighted by atomic mass is 9.96. The number of carbonyl (C=O) groups excluding carboxylic acids is 2. The first kappa shape index (κ1) is 18.7. The molecular weight excluding hydrogens is 342 g/mol. The second kappa shape index (κ2) is 7.76. The van der Waals surface area contributed by atoms with Crippen molar-refractivity contribution in [3.8, 4) is 6.07 Å². The Labute approximate surface area is 161 Å². The molecule has 2 amide bonds. The number of amides is 2. The molecule has 3 aliphatic heterocycles. The van der Waals surface area contributed by atoms with Crippen LogP contribution in [0.3, 0.4) is 0 Å². The molecule has 7 heteroatoms. The zero-order valence-corrected chi connectivity index (χ0v) is 16.0. The van der Waals surface area contributed by atoms with Crippen LogP contribution in [-0.2, 0) is 9.59 Å². The van der Waals surface area contributed by atoms with E-state index in [1.807, 2.05) is 0 Å². The second-order valence-electron chi connectivity index (χ2n) is 8.80. The minimum Gasteiger partial charge on any atom is -0.356 e. The fourth-order valence-electron chi connectivity index (χ4n) is 5.02. The van der Waals surface area contributed by atoms with Crippen molar-refractivity contribution in [3.63, 3.8) is 0 Å². The maximum absolute atomic E-state index is 13.1. The molecule has 7 nitrogen and oxygen atoms in total. The lowest BCUT2D eigenvalue weighted by Crippen LogP contribution is -2.52. The van der Waals surface area contributed by atoms with Gasteiger partial charge in [0.25, 0.3) is 0 Å². The van der Waals surface area contributed by atoms with E-state index in [9.17, 15) is 14.9 Å². The molecule has 0 bridgehead atoms. The summed E-state index contributed by atoms with van der Waals surface area (Å²) in [4.78, 5) is 27.0. The molecule has 148 valence electrons. The summed E-state index contributed by atoms with van der Waals surface area (Å²) in [7, 11) is 0. The summed E-state index contributed by atoms with van der Waals surface area (Å²) in [5.74, 6) is 0.980. The average Bonchev–Trinajstić information content (AvgIpc) is 3.06. The molecule has 1 saturated carbocycles. The van der Waals surface area contributed by atoms with E-state index in [0.29, 0.717) is 19.5 Å². The number of nitriles is 1. The van der Waals surface area contributed by atoms with Crippen LogP contribution in [0.4, 0.5) is 0 Å². The van der Waals surface area contributed by atoms with Crippen molar-refractivity contribution >= 4 is 11.8 Å². The Morgan fingerprint density at radius 1 is 1.22 bits per heavy atom. The van der Waals surface area contributed by atoms with Gasteiger partial charge in [0, 0.05) is 31.6 Å². The Bertz CT molecular complexity index is 620. The second-order valence-corrected chi connectivity index (χ2v) is 8.80. The maximum atomic E-state index is 13.1. The van der Waals surface area contributed by atoms with Crippen LogP contribution in [0.5, 0.6) is 0 Å². The van der Waals surface area contributed by atoms with Crippen molar-refractivity contribution in [2.75, 3.05) is 26.2 Å². The van der Waals surface area contributed by atoms with Crippen molar-refractivity contribution in [1.82, 2.24) is 20.9 Å². The van der Waals surface area contributed by atoms with Crippen LogP contribution in [-0.4, -0.2) is 60.5 Å². The molecule has 27 heavy (non-hydrogen) atoms. The van der Waals surface area contributed by atoms with Gasteiger partial charge in [0.1, 0.15) is 0 Å². The molecule has 4 fully saturated rings. The Morgan fingerprint density at radius 3 is 2.70 bits per heavy atom. The highest BCUT2D eigenvalue weighted by Gasteiger charge is 2.50. The first-order valence-corrected chi connectivity index (χ1v) is 10.6. The molecule has 3 N–H and O–H groups in total. The molecule has 0 aromatic rings. The van der Waals surface area contributed by atoms with E-state index >= 15 is 0 Å². The SMILES string of the molecule is N#C[C@H](C[C@@H]1CCNC1=O)NC[C@H](CC1CC1)N1CCC2(CCCN2)C1=O. The zero-order chi connectivity index (χ0) is 18.9. The number of likely N-dealkylation sites (tertiary alicyclic amines) is 1. The van der Waals surface area contributed by atoms with E-state index in [1.165, 1.54) is 12.8 Å². The van der Waals surface area contributed by atoms with Crippen molar-refractivity contribution in [1.29, 1.82) is 5.26 Å². The number of nitrogens with zero attached hydrogens (tertiary/aromatic N) is 2. The van der Waals surface area contributed by atoms with Gasteiger partial charge in [-0.25, -0.2) is 0 Å². The predicted molar refractivity (Wildman–Crippen MR) is 101 cm³/mol. The third-order valence-electron chi connectivity index (χ3n) is 6.88. The Hall–Kier alpha value is -1.65. The molecule has 4 atom stereocenters. The van der Waals surface area contributed by atoms with Crippen LogP contribution in [0.15, 0.2) is 0 Å². The summed E-state index contributed by atoms with van der Waals surface area (Å²) in [6.07, 6.45) is 7.82. The predicted octanol–water partition coefficient (Wildman–Crippen LogP) is 0.518. The molecule has 3 saturated heterocycles. The summed E-state index contributed by atoms with van der Waals surface area (Å²) >= 11 is 0.